The van der Waals surface area contributed by atoms with E-state index < -0.39 is 0 Å². The van der Waals surface area contributed by atoms with Crippen molar-refractivity contribution >= 4 is 45.8 Å². The third-order valence-electron chi connectivity index (χ3n) is 5.08. The molecule has 27 heavy (non-hydrogen) atoms. The molecule has 0 N–H and O–H groups in total. The van der Waals surface area contributed by atoms with Crippen LogP contribution >= 0.6 is 23.4 Å². The highest BCUT2D eigenvalue weighted by molar-refractivity contribution is 8.16. The number of carbonyl (C=O) groups is 1. The summed E-state index contributed by atoms with van der Waals surface area (Å²) < 4.78 is 6.02. The van der Waals surface area contributed by atoms with Crippen LogP contribution in [-0.2, 0) is 4.79 Å². The number of hydrogen-bond donors (Lipinski definition) is 0. The number of halogens is 1. The second-order valence-corrected chi connectivity index (χ2v) is 8.22. The Bertz CT molecular complexity index is 809. The van der Waals surface area contributed by atoms with E-state index >= 15 is 0 Å². The maximum absolute atomic E-state index is 12.8. The van der Waals surface area contributed by atoms with E-state index in [0.717, 1.165) is 53.8 Å². The van der Waals surface area contributed by atoms with Crippen LogP contribution in [0.15, 0.2) is 22.5 Å². The molecule has 0 aromatic heterocycles. The molecule has 0 fully saturated rings. The Labute approximate surface area is 169 Å². The molecule has 1 amide bonds. The Morgan fingerprint density at radius 2 is 2.19 bits per heavy atom. The number of rotatable bonds is 6. The molecule has 1 aromatic rings. The van der Waals surface area contributed by atoms with E-state index in [2.05, 4.69) is 22.2 Å². The van der Waals surface area contributed by atoms with Crippen molar-refractivity contribution in [1.29, 1.82) is 0 Å². The molecule has 1 aromatic carbocycles. The molecular formula is C20H24ClN3O2S. The molecule has 0 saturated carbocycles. The lowest BCUT2D eigenvalue weighted by Crippen LogP contribution is -2.38. The van der Waals surface area contributed by atoms with Crippen molar-refractivity contribution in [2.45, 2.75) is 39.0 Å². The smallest absolute Gasteiger partial charge is 0.227 e. The second kappa shape index (κ2) is 8.15. The number of fused-ring (bicyclic) bond motifs is 2. The highest BCUT2D eigenvalue weighted by Gasteiger charge is 2.33. The van der Waals surface area contributed by atoms with Gasteiger partial charge in [-0.3, -0.25) is 9.79 Å². The van der Waals surface area contributed by atoms with E-state index in [0.29, 0.717) is 24.6 Å². The van der Waals surface area contributed by atoms with E-state index in [1.165, 1.54) is 12.8 Å². The lowest BCUT2D eigenvalue weighted by molar-refractivity contribution is -0.119. The molecule has 3 aliphatic heterocycles. The van der Waals surface area contributed by atoms with Gasteiger partial charge in [0.2, 0.25) is 5.91 Å². The zero-order valence-electron chi connectivity index (χ0n) is 15.5. The molecule has 7 heteroatoms. The third kappa shape index (κ3) is 3.69. The summed E-state index contributed by atoms with van der Waals surface area (Å²) in [5, 5.41) is 3.74. The fourth-order valence-electron chi connectivity index (χ4n) is 3.71. The number of aliphatic imine (C=N–C) groups is 1. The fourth-order valence-corrected chi connectivity index (χ4v) is 4.88. The van der Waals surface area contributed by atoms with Crippen LogP contribution in [0.25, 0.3) is 5.70 Å². The van der Waals surface area contributed by atoms with Crippen LogP contribution in [-0.4, -0.2) is 42.2 Å². The number of benzene rings is 1. The van der Waals surface area contributed by atoms with Crippen LogP contribution in [0.5, 0.6) is 5.75 Å². The first-order valence-corrected chi connectivity index (χ1v) is 10.9. The number of amidine groups is 1. The lowest BCUT2D eigenvalue weighted by Gasteiger charge is -2.32. The SMILES string of the molecule is CCCCCCC(=O)N1CCOc2c(C3=CSC4=NCCN34)cc(Cl)cc21. The van der Waals surface area contributed by atoms with Crippen molar-refractivity contribution in [3.63, 3.8) is 0 Å². The Balaban J connectivity index is 1.61. The molecule has 144 valence electrons. The van der Waals surface area contributed by atoms with Crippen LogP contribution < -0.4 is 9.64 Å². The maximum atomic E-state index is 12.8. The first kappa shape index (κ1) is 18.7. The molecular weight excluding hydrogens is 382 g/mol. The van der Waals surface area contributed by atoms with Gasteiger partial charge in [0.25, 0.3) is 0 Å². The summed E-state index contributed by atoms with van der Waals surface area (Å²) in [7, 11) is 0. The van der Waals surface area contributed by atoms with Gasteiger partial charge in [-0.2, -0.15) is 0 Å². The number of carbonyl (C=O) groups excluding carboxylic acids is 1. The van der Waals surface area contributed by atoms with E-state index in [9.17, 15) is 4.79 Å². The predicted octanol–water partition coefficient (Wildman–Crippen LogP) is 4.75. The molecule has 5 nitrogen and oxygen atoms in total. The van der Waals surface area contributed by atoms with Gasteiger partial charge in [-0.25, -0.2) is 0 Å². The van der Waals surface area contributed by atoms with Crippen LogP contribution in [0.1, 0.15) is 44.6 Å². The zero-order valence-corrected chi connectivity index (χ0v) is 17.1. The molecule has 0 bridgehead atoms. The summed E-state index contributed by atoms with van der Waals surface area (Å²) in [6, 6.07) is 3.79. The monoisotopic (exact) mass is 405 g/mol. The summed E-state index contributed by atoms with van der Waals surface area (Å²) >= 11 is 8.07. The minimum atomic E-state index is 0.155. The van der Waals surface area contributed by atoms with Gasteiger partial charge in [-0.15, -0.1) is 0 Å². The first-order chi connectivity index (χ1) is 13.2. The molecule has 0 atom stereocenters. The topological polar surface area (TPSA) is 45.1 Å². The van der Waals surface area contributed by atoms with Gasteiger partial charge in [0.1, 0.15) is 6.61 Å². The zero-order chi connectivity index (χ0) is 18.8. The molecule has 0 saturated heterocycles. The van der Waals surface area contributed by atoms with Crippen LogP contribution in [0, 0.1) is 0 Å². The van der Waals surface area contributed by atoms with Gasteiger partial charge in [0.15, 0.2) is 10.9 Å². The number of hydrogen-bond acceptors (Lipinski definition) is 5. The van der Waals surface area contributed by atoms with Crippen LogP contribution in [0.4, 0.5) is 5.69 Å². The number of unbranched alkanes of at least 4 members (excludes halogenated alkanes) is 3. The fraction of sp³-hybridized carbons (Fsp3) is 0.500. The Kier molecular flexibility index (Phi) is 5.64. The van der Waals surface area contributed by atoms with Crippen molar-refractivity contribution in [2.24, 2.45) is 4.99 Å². The van der Waals surface area contributed by atoms with Gasteiger partial charge >= 0.3 is 0 Å². The number of nitrogens with zero attached hydrogens (tertiary/aromatic N) is 3. The minimum Gasteiger partial charge on any atom is -0.489 e. The van der Waals surface area contributed by atoms with E-state index in [1.54, 1.807) is 11.8 Å². The van der Waals surface area contributed by atoms with Gasteiger partial charge in [0.05, 0.1) is 24.5 Å². The highest BCUT2D eigenvalue weighted by atomic mass is 35.5. The Hall–Kier alpha value is -1.66. The summed E-state index contributed by atoms with van der Waals surface area (Å²) in [6.07, 6.45) is 4.95. The summed E-state index contributed by atoms with van der Waals surface area (Å²) in [4.78, 5) is 21.4. The summed E-state index contributed by atoms with van der Waals surface area (Å²) in [5.74, 6) is 0.912. The van der Waals surface area contributed by atoms with Gasteiger partial charge in [0, 0.05) is 29.0 Å². The van der Waals surface area contributed by atoms with Crippen LogP contribution in [0.3, 0.4) is 0 Å². The van der Waals surface area contributed by atoms with Crippen molar-refractivity contribution in [3.8, 4) is 5.75 Å². The minimum absolute atomic E-state index is 0.155. The van der Waals surface area contributed by atoms with E-state index in [-0.39, 0.29) is 5.91 Å². The average molecular weight is 406 g/mol. The maximum Gasteiger partial charge on any atom is 0.227 e. The number of ether oxygens (including phenoxy) is 1. The molecule has 4 rings (SSSR count). The van der Waals surface area contributed by atoms with Crippen molar-refractivity contribution in [1.82, 2.24) is 4.90 Å². The predicted molar refractivity (Wildman–Crippen MR) is 113 cm³/mol. The molecule has 0 radical (unpaired) electrons. The van der Waals surface area contributed by atoms with Crippen LogP contribution in [0.2, 0.25) is 5.02 Å². The number of thioether (sulfide) groups is 1. The third-order valence-corrected chi connectivity index (χ3v) is 6.20. The molecule has 0 unspecified atom stereocenters. The van der Waals surface area contributed by atoms with Crippen molar-refractivity contribution in [2.75, 3.05) is 31.1 Å². The molecule has 0 spiro atoms. The van der Waals surface area contributed by atoms with Crippen molar-refractivity contribution in [3.05, 3.63) is 28.1 Å². The van der Waals surface area contributed by atoms with E-state index in [1.807, 2.05) is 17.0 Å². The standard InChI is InChI=1S/C20H24ClN3O2S/c1-2-3-4-5-6-18(25)23-9-10-26-19-15(11-14(21)12-16(19)23)17-13-27-20-22-7-8-24(17)20/h11-13H,2-10H2,1H3. The molecule has 0 aliphatic carbocycles. The summed E-state index contributed by atoms with van der Waals surface area (Å²) in [6.45, 7) is 4.94. The number of anilines is 1. The van der Waals surface area contributed by atoms with Gasteiger partial charge in [-0.1, -0.05) is 49.5 Å². The highest BCUT2D eigenvalue weighted by Crippen LogP contribution is 2.45. The quantitative estimate of drug-likeness (QED) is 0.640. The largest absolute Gasteiger partial charge is 0.489 e. The molecule has 3 heterocycles. The number of amides is 1. The Morgan fingerprint density at radius 3 is 3.04 bits per heavy atom. The van der Waals surface area contributed by atoms with Gasteiger partial charge < -0.3 is 14.5 Å². The lowest BCUT2D eigenvalue weighted by atomic mass is 10.1. The average Bonchev–Trinajstić information content (AvgIpc) is 3.27. The van der Waals surface area contributed by atoms with E-state index in [4.69, 9.17) is 16.3 Å². The molecule has 3 aliphatic rings. The normalized spacial score (nSPS) is 18.0. The second-order valence-electron chi connectivity index (χ2n) is 6.94. The first-order valence-electron chi connectivity index (χ1n) is 9.65. The van der Waals surface area contributed by atoms with Gasteiger partial charge in [-0.05, 0) is 18.6 Å². The Morgan fingerprint density at radius 1 is 1.30 bits per heavy atom. The summed E-state index contributed by atoms with van der Waals surface area (Å²) in [5.41, 5.74) is 2.80. The van der Waals surface area contributed by atoms with Crippen molar-refractivity contribution < 1.29 is 9.53 Å².